The highest BCUT2D eigenvalue weighted by molar-refractivity contribution is 4.73. The van der Waals surface area contributed by atoms with Crippen LogP contribution < -0.4 is 11.3 Å². The maximum atomic E-state index is 5.63. The molecule has 1 atom stereocenters. The summed E-state index contributed by atoms with van der Waals surface area (Å²) in [5, 5.41) is 0. The maximum absolute atomic E-state index is 5.63. The maximum Gasteiger partial charge on any atom is 0.0213 e. The normalized spacial score (nSPS) is 20.8. The van der Waals surface area contributed by atoms with Crippen molar-refractivity contribution in [1.29, 1.82) is 0 Å². The lowest BCUT2D eigenvalue weighted by Gasteiger charge is -2.26. The summed E-state index contributed by atoms with van der Waals surface area (Å²) in [6.07, 6.45) is 11.0. The molecule has 2 heteroatoms. The van der Waals surface area contributed by atoms with E-state index in [9.17, 15) is 0 Å². The van der Waals surface area contributed by atoms with E-state index in [2.05, 4.69) is 19.3 Å². The fourth-order valence-corrected chi connectivity index (χ4v) is 2.63. The molecule has 0 amide bonds. The van der Waals surface area contributed by atoms with Gasteiger partial charge in [-0.25, -0.2) is 0 Å². The first-order valence-electron chi connectivity index (χ1n) is 6.68. The van der Waals surface area contributed by atoms with Crippen LogP contribution in [0.15, 0.2) is 0 Å². The standard InChI is InChI=1S/C13H28N2/c1-11(2)8-9-13(15-14)10-12-6-4-3-5-7-12/h11-13,15H,3-10,14H2,1-2H3. The zero-order valence-corrected chi connectivity index (χ0v) is 10.5. The first-order valence-corrected chi connectivity index (χ1v) is 6.68. The molecule has 1 fully saturated rings. The van der Waals surface area contributed by atoms with Gasteiger partial charge in [0.15, 0.2) is 0 Å². The van der Waals surface area contributed by atoms with Gasteiger partial charge in [0, 0.05) is 6.04 Å². The van der Waals surface area contributed by atoms with Gasteiger partial charge in [0.2, 0.25) is 0 Å². The lowest BCUT2D eigenvalue weighted by atomic mass is 9.83. The van der Waals surface area contributed by atoms with Gasteiger partial charge in [-0.3, -0.25) is 11.3 Å². The van der Waals surface area contributed by atoms with Gasteiger partial charge in [0.25, 0.3) is 0 Å². The van der Waals surface area contributed by atoms with Gasteiger partial charge >= 0.3 is 0 Å². The summed E-state index contributed by atoms with van der Waals surface area (Å²) in [5.74, 6) is 7.36. The average molecular weight is 212 g/mol. The van der Waals surface area contributed by atoms with Crippen molar-refractivity contribution < 1.29 is 0 Å². The van der Waals surface area contributed by atoms with E-state index in [-0.39, 0.29) is 0 Å². The number of nitrogens with two attached hydrogens (primary N) is 1. The highest BCUT2D eigenvalue weighted by Gasteiger charge is 2.18. The third kappa shape index (κ3) is 5.53. The number of hydrazine groups is 1. The van der Waals surface area contributed by atoms with Gasteiger partial charge in [-0.1, -0.05) is 46.0 Å². The minimum Gasteiger partial charge on any atom is -0.271 e. The molecule has 2 nitrogen and oxygen atoms in total. The zero-order chi connectivity index (χ0) is 11.1. The molecule has 15 heavy (non-hydrogen) atoms. The molecule has 1 saturated carbocycles. The van der Waals surface area contributed by atoms with Crippen molar-refractivity contribution in [3.05, 3.63) is 0 Å². The van der Waals surface area contributed by atoms with E-state index in [1.807, 2.05) is 0 Å². The van der Waals surface area contributed by atoms with Crippen LogP contribution in [0.25, 0.3) is 0 Å². The second-order valence-electron chi connectivity index (χ2n) is 5.57. The van der Waals surface area contributed by atoms with Crippen LogP contribution >= 0.6 is 0 Å². The lowest BCUT2D eigenvalue weighted by molar-refractivity contribution is 0.285. The Balaban J connectivity index is 2.19. The van der Waals surface area contributed by atoms with Gasteiger partial charge in [-0.05, 0) is 31.1 Å². The van der Waals surface area contributed by atoms with E-state index in [1.165, 1.54) is 51.4 Å². The summed E-state index contributed by atoms with van der Waals surface area (Å²) < 4.78 is 0. The van der Waals surface area contributed by atoms with Gasteiger partial charge in [0.05, 0.1) is 0 Å². The molecule has 0 radical (unpaired) electrons. The van der Waals surface area contributed by atoms with Crippen LogP contribution in [0.2, 0.25) is 0 Å². The smallest absolute Gasteiger partial charge is 0.0213 e. The molecule has 0 aliphatic heterocycles. The summed E-state index contributed by atoms with van der Waals surface area (Å²) >= 11 is 0. The predicted molar refractivity (Wildman–Crippen MR) is 66.4 cm³/mol. The van der Waals surface area contributed by atoms with Crippen LogP contribution in [0.5, 0.6) is 0 Å². The lowest BCUT2D eigenvalue weighted by Crippen LogP contribution is -2.37. The van der Waals surface area contributed by atoms with Crippen LogP contribution in [-0.4, -0.2) is 6.04 Å². The van der Waals surface area contributed by atoms with Crippen LogP contribution in [0, 0.1) is 11.8 Å². The van der Waals surface area contributed by atoms with E-state index in [0.29, 0.717) is 6.04 Å². The molecule has 1 aliphatic rings. The predicted octanol–water partition coefficient (Wildman–Crippen LogP) is 3.22. The molecular weight excluding hydrogens is 184 g/mol. The summed E-state index contributed by atoms with van der Waals surface area (Å²) in [4.78, 5) is 0. The summed E-state index contributed by atoms with van der Waals surface area (Å²) in [6.45, 7) is 4.57. The molecule has 0 aromatic rings. The Hall–Kier alpha value is -0.0800. The summed E-state index contributed by atoms with van der Waals surface area (Å²) in [7, 11) is 0. The fraction of sp³-hybridized carbons (Fsp3) is 1.00. The first-order chi connectivity index (χ1) is 7.22. The monoisotopic (exact) mass is 212 g/mol. The van der Waals surface area contributed by atoms with Gasteiger partial charge < -0.3 is 0 Å². The van der Waals surface area contributed by atoms with E-state index in [1.54, 1.807) is 0 Å². The molecule has 0 aromatic carbocycles. The Morgan fingerprint density at radius 2 is 1.80 bits per heavy atom. The fourth-order valence-electron chi connectivity index (χ4n) is 2.63. The highest BCUT2D eigenvalue weighted by atomic mass is 15.2. The van der Waals surface area contributed by atoms with Gasteiger partial charge in [-0.2, -0.15) is 0 Å². The Kier molecular flexibility index (Phi) is 6.26. The average Bonchev–Trinajstić information content (AvgIpc) is 2.25. The third-order valence-electron chi connectivity index (χ3n) is 3.67. The quantitative estimate of drug-likeness (QED) is 0.524. The summed E-state index contributed by atoms with van der Waals surface area (Å²) in [5.41, 5.74) is 3.00. The molecule has 0 heterocycles. The molecule has 0 bridgehead atoms. The van der Waals surface area contributed by atoms with Crippen molar-refractivity contribution in [2.24, 2.45) is 17.7 Å². The SMILES string of the molecule is CC(C)CCC(CC1CCCCC1)NN. The zero-order valence-electron chi connectivity index (χ0n) is 10.5. The third-order valence-corrected chi connectivity index (χ3v) is 3.67. The Morgan fingerprint density at radius 3 is 2.33 bits per heavy atom. The Morgan fingerprint density at radius 1 is 1.13 bits per heavy atom. The van der Waals surface area contributed by atoms with Gasteiger partial charge in [-0.15, -0.1) is 0 Å². The largest absolute Gasteiger partial charge is 0.271 e. The molecule has 0 aromatic heterocycles. The van der Waals surface area contributed by atoms with Crippen molar-refractivity contribution in [3.63, 3.8) is 0 Å². The van der Waals surface area contributed by atoms with Gasteiger partial charge in [0.1, 0.15) is 0 Å². The van der Waals surface area contributed by atoms with Crippen molar-refractivity contribution >= 4 is 0 Å². The van der Waals surface area contributed by atoms with E-state index in [4.69, 9.17) is 5.84 Å². The van der Waals surface area contributed by atoms with E-state index in [0.717, 1.165) is 11.8 Å². The second kappa shape index (κ2) is 7.24. The minimum atomic E-state index is 0.551. The Bertz CT molecular complexity index is 151. The second-order valence-corrected chi connectivity index (χ2v) is 5.57. The first kappa shape index (κ1) is 13.0. The molecule has 1 rings (SSSR count). The number of nitrogens with one attached hydrogen (secondary N) is 1. The molecule has 0 saturated heterocycles. The highest BCUT2D eigenvalue weighted by Crippen LogP contribution is 2.28. The molecule has 3 N–H and O–H groups in total. The van der Waals surface area contributed by atoms with Crippen molar-refractivity contribution in [2.75, 3.05) is 0 Å². The minimum absolute atomic E-state index is 0.551. The molecule has 1 aliphatic carbocycles. The van der Waals surface area contributed by atoms with Crippen molar-refractivity contribution in [1.82, 2.24) is 5.43 Å². The molecule has 90 valence electrons. The number of rotatable bonds is 6. The summed E-state index contributed by atoms with van der Waals surface area (Å²) in [6, 6.07) is 0.551. The van der Waals surface area contributed by atoms with E-state index < -0.39 is 0 Å². The topological polar surface area (TPSA) is 38.0 Å². The molecular formula is C13H28N2. The van der Waals surface area contributed by atoms with Crippen LogP contribution in [0.3, 0.4) is 0 Å². The molecule has 0 spiro atoms. The number of hydrogen-bond acceptors (Lipinski definition) is 2. The van der Waals surface area contributed by atoms with Crippen molar-refractivity contribution in [2.45, 2.75) is 71.3 Å². The Labute approximate surface area is 95.0 Å². The van der Waals surface area contributed by atoms with Crippen LogP contribution in [0.1, 0.15) is 65.2 Å². The van der Waals surface area contributed by atoms with Crippen LogP contribution in [-0.2, 0) is 0 Å². The van der Waals surface area contributed by atoms with Crippen LogP contribution in [0.4, 0.5) is 0 Å². The van der Waals surface area contributed by atoms with E-state index >= 15 is 0 Å². The number of hydrogen-bond donors (Lipinski definition) is 2. The molecule has 1 unspecified atom stereocenters. The van der Waals surface area contributed by atoms with Crippen molar-refractivity contribution in [3.8, 4) is 0 Å².